The van der Waals surface area contributed by atoms with Crippen LogP contribution in [0.1, 0.15) is 35.3 Å². The highest BCUT2D eigenvalue weighted by Crippen LogP contribution is 2.13. The van der Waals surface area contributed by atoms with Crippen LogP contribution in [0, 0.1) is 0 Å². The summed E-state index contributed by atoms with van der Waals surface area (Å²) < 4.78 is 0. The summed E-state index contributed by atoms with van der Waals surface area (Å²) in [5.74, 6) is -0.834. The molecule has 1 rings (SSSR count). The zero-order chi connectivity index (χ0) is 9.84. The summed E-state index contributed by atoms with van der Waals surface area (Å²) in [5, 5.41) is 8.86. The van der Waals surface area contributed by atoms with E-state index in [1.807, 2.05) is 19.1 Å². The summed E-state index contributed by atoms with van der Waals surface area (Å²) in [6.07, 6.45) is 1.72. The molecule has 0 radical (unpaired) electrons. The number of aromatic carboxylic acids is 1. The molecule has 0 saturated carbocycles. The molecule has 3 heteroatoms. The van der Waals surface area contributed by atoms with Crippen LogP contribution < -0.4 is 0 Å². The molecule has 0 aliphatic heterocycles. The number of benzene rings is 1. The Bertz CT molecular complexity index is 321. The Morgan fingerprint density at radius 2 is 1.93 bits per heavy atom. The maximum atomic E-state index is 10.8. The van der Waals surface area contributed by atoms with Crippen molar-refractivity contribution in [3.05, 3.63) is 34.9 Å². The number of carbonyl (C=O) groups is 1. The summed E-state index contributed by atoms with van der Waals surface area (Å²) in [4.78, 5) is 10.8. The average Bonchev–Trinajstić information content (AvgIpc) is 2.16. The van der Waals surface area contributed by atoms with Gasteiger partial charge in [0.2, 0.25) is 0 Å². The lowest BCUT2D eigenvalue weighted by atomic mass is 10.0. The number of hydrogen-bond donors (Lipinski definition) is 1. The molecule has 0 saturated heterocycles. The molecule has 1 aromatic rings. The molecule has 0 heterocycles. The van der Waals surface area contributed by atoms with Crippen molar-refractivity contribution >= 4 is 29.0 Å². The van der Waals surface area contributed by atoms with Crippen LogP contribution in [-0.2, 0) is 12.8 Å². The van der Waals surface area contributed by atoms with Crippen LogP contribution in [0.2, 0.25) is 0 Å². The molecule has 74 valence electrons. The van der Waals surface area contributed by atoms with Crippen LogP contribution in [0.25, 0.3) is 0 Å². The minimum atomic E-state index is -0.834. The molecule has 0 amide bonds. The smallest absolute Gasteiger partial charge is 0.335 e. The Hall–Kier alpha value is -0.544. The van der Waals surface area contributed by atoms with Gasteiger partial charge in [-0.3, -0.25) is 0 Å². The normalized spacial score (nSPS) is 9.29. The SMILES string of the molecule is CCc1ccc(C(=O)O)c(CC)c1.[MgH2]. The molecule has 2 nitrogen and oxygen atoms in total. The summed E-state index contributed by atoms with van der Waals surface area (Å²) >= 11 is 0. The molecular formula is C11H16MgO2. The monoisotopic (exact) mass is 204 g/mol. The molecule has 0 aromatic heterocycles. The molecular weight excluding hydrogens is 188 g/mol. The van der Waals surface area contributed by atoms with E-state index in [1.165, 1.54) is 5.56 Å². The third kappa shape index (κ3) is 2.99. The van der Waals surface area contributed by atoms with Crippen LogP contribution in [-0.4, -0.2) is 34.1 Å². The molecule has 1 aromatic carbocycles. The van der Waals surface area contributed by atoms with Crippen molar-refractivity contribution in [3.63, 3.8) is 0 Å². The van der Waals surface area contributed by atoms with Gasteiger partial charge in [0.25, 0.3) is 0 Å². The summed E-state index contributed by atoms with van der Waals surface area (Å²) in [7, 11) is 0. The molecule has 0 atom stereocenters. The molecule has 0 unspecified atom stereocenters. The van der Waals surface area contributed by atoms with E-state index in [4.69, 9.17) is 5.11 Å². The highest BCUT2D eigenvalue weighted by Gasteiger charge is 2.07. The van der Waals surface area contributed by atoms with Crippen LogP contribution in [0.4, 0.5) is 0 Å². The second kappa shape index (κ2) is 6.04. The third-order valence-corrected chi connectivity index (χ3v) is 2.19. The Morgan fingerprint density at radius 3 is 2.36 bits per heavy atom. The van der Waals surface area contributed by atoms with Gasteiger partial charge in [0.15, 0.2) is 0 Å². The molecule has 0 bridgehead atoms. The average molecular weight is 205 g/mol. The van der Waals surface area contributed by atoms with Gasteiger partial charge in [-0.15, -0.1) is 0 Å². The summed E-state index contributed by atoms with van der Waals surface area (Å²) in [5.41, 5.74) is 2.55. The van der Waals surface area contributed by atoms with Gasteiger partial charge >= 0.3 is 29.0 Å². The topological polar surface area (TPSA) is 37.3 Å². The van der Waals surface area contributed by atoms with E-state index in [-0.39, 0.29) is 23.1 Å². The number of carboxylic acid groups (broad SMARTS) is 1. The fourth-order valence-electron chi connectivity index (χ4n) is 1.37. The van der Waals surface area contributed by atoms with Crippen LogP contribution in [0.15, 0.2) is 18.2 Å². The second-order valence-electron chi connectivity index (χ2n) is 3.00. The molecule has 0 fully saturated rings. The first kappa shape index (κ1) is 13.5. The first-order chi connectivity index (χ1) is 6.19. The zero-order valence-corrected chi connectivity index (χ0v) is 8.00. The van der Waals surface area contributed by atoms with Crippen LogP contribution in [0.5, 0.6) is 0 Å². The minimum Gasteiger partial charge on any atom is -0.478 e. The van der Waals surface area contributed by atoms with E-state index in [9.17, 15) is 4.79 Å². The van der Waals surface area contributed by atoms with Gasteiger partial charge in [-0.05, 0) is 30.0 Å². The Morgan fingerprint density at radius 1 is 1.29 bits per heavy atom. The van der Waals surface area contributed by atoms with Gasteiger partial charge in [-0.2, -0.15) is 0 Å². The molecule has 0 aliphatic rings. The lowest BCUT2D eigenvalue weighted by molar-refractivity contribution is 0.0695. The van der Waals surface area contributed by atoms with Crippen LogP contribution >= 0.6 is 0 Å². The van der Waals surface area contributed by atoms with Gasteiger partial charge in [-0.25, -0.2) is 4.79 Å². The predicted molar refractivity (Wildman–Crippen MR) is 60.7 cm³/mol. The Labute approximate surface area is 100 Å². The van der Waals surface area contributed by atoms with Crippen molar-refractivity contribution < 1.29 is 9.90 Å². The standard InChI is InChI=1S/C11H14O2.Mg.2H/c1-3-8-5-6-10(11(12)13)9(4-2)7-8;;;/h5-7H,3-4H2,1-2H3,(H,12,13);;;. The van der Waals surface area contributed by atoms with Gasteiger partial charge < -0.3 is 5.11 Å². The van der Waals surface area contributed by atoms with E-state index in [1.54, 1.807) is 6.07 Å². The summed E-state index contributed by atoms with van der Waals surface area (Å²) in [6, 6.07) is 5.55. The number of carboxylic acids is 1. The fourth-order valence-corrected chi connectivity index (χ4v) is 1.37. The first-order valence-electron chi connectivity index (χ1n) is 4.54. The van der Waals surface area contributed by atoms with Crippen molar-refractivity contribution in [3.8, 4) is 0 Å². The van der Waals surface area contributed by atoms with E-state index < -0.39 is 5.97 Å². The van der Waals surface area contributed by atoms with Crippen LogP contribution in [0.3, 0.4) is 0 Å². The van der Waals surface area contributed by atoms with Gasteiger partial charge in [0.05, 0.1) is 5.56 Å². The minimum absolute atomic E-state index is 0. The number of aryl methyl sites for hydroxylation is 2. The molecule has 0 aliphatic carbocycles. The first-order valence-corrected chi connectivity index (χ1v) is 4.54. The van der Waals surface area contributed by atoms with Gasteiger partial charge in [0.1, 0.15) is 0 Å². The lowest BCUT2D eigenvalue weighted by Crippen LogP contribution is -2.02. The maximum absolute atomic E-state index is 10.8. The van der Waals surface area contributed by atoms with E-state index >= 15 is 0 Å². The highest BCUT2D eigenvalue weighted by atomic mass is 24.3. The second-order valence-corrected chi connectivity index (χ2v) is 3.00. The van der Waals surface area contributed by atoms with Gasteiger partial charge in [0, 0.05) is 0 Å². The van der Waals surface area contributed by atoms with Crippen molar-refractivity contribution in [1.82, 2.24) is 0 Å². The predicted octanol–water partition coefficient (Wildman–Crippen LogP) is 1.59. The fraction of sp³-hybridized carbons (Fsp3) is 0.364. The van der Waals surface area contributed by atoms with Crippen molar-refractivity contribution in [2.24, 2.45) is 0 Å². The summed E-state index contributed by atoms with van der Waals surface area (Å²) in [6.45, 7) is 4.04. The lowest BCUT2D eigenvalue weighted by Gasteiger charge is -2.05. The highest BCUT2D eigenvalue weighted by molar-refractivity contribution is 5.89. The zero-order valence-electron chi connectivity index (χ0n) is 8.00. The Kier molecular flexibility index (Phi) is 5.80. The number of rotatable bonds is 3. The van der Waals surface area contributed by atoms with Crippen molar-refractivity contribution in [2.45, 2.75) is 26.7 Å². The Balaban J connectivity index is 0.00000169. The maximum Gasteiger partial charge on any atom is 0.335 e. The third-order valence-electron chi connectivity index (χ3n) is 2.19. The number of hydrogen-bond acceptors (Lipinski definition) is 1. The van der Waals surface area contributed by atoms with E-state index in [0.29, 0.717) is 5.56 Å². The van der Waals surface area contributed by atoms with Crippen molar-refractivity contribution in [2.75, 3.05) is 0 Å². The van der Waals surface area contributed by atoms with Crippen molar-refractivity contribution in [1.29, 1.82) is 0 Å². The molecule has 1 N–H and O–H groups in total. The van der Waals surface area contributed by atoms with E-state index in [2.05, 4.69) is 6.92 Å². The molecule has 14 heavy (non-hydrogen) atoms. The largest absolute Gasteiger partial charge is 0.478 e. The van der Waals surface area contributed by atoms with E-state index in [0.717, 1.165) is 18.4 Å². The van der Waals surface area contributed by atoms with Gasteiger partial charge in [-0.1, -0.05) is 26.0 Å². The quantitative estimate of drug-likeness (QED) is 0.760. The molecule has 0 spiro atoms.